The third-order valence-corrected chi connectivity index (χ3v) is 18.4. The van der Waals surface area contributed by atoms with Crippen molar-refractivity contribution in [3.05, 3.63) is 134 Å². The Morgan fingerprint density at radius 2 is 0.564 bits per heavy atom. The minimum atomic E-state index is -1.53. The van der Waals surface area contributed by atoms with Crippen molar-refractivity contribution in [2.24, 2.45) is 0 Å². The SMILES string of the molecule is CC/C=C\C/C=C\C/C=C\C/C=C\C/C=C\C/C=C\C/C=C\C/C=C\C/C=C\C/C=C\C/C=C\CCCCCC(=O)OC(COC(=O)CCCCCCCCCCCCCCCCCCCCCCCCCCCCCCCCCCCCCCCCC)COC(OCC[N+](C)(C)C)C(=O)O. The van der Waals surface area contributed by atoms with Crippen molar-refractivity contribution in [3.63, 3.8) is 0 Å². The highest BCUT2D eigenvalue weighted by Gasteiger charge is 2.25. The molecule has 1 N–H and O–H groups in total. The fraction of sp³-hybridized carbons (Fsp3) is 0.728. The first-order valence-corrected chi connectivity index (χ1v) is 42.3. The first kappa shape index (κ1) is 96.4. The molecule has 0 aromatic carbocycles. The van der Waals surface area contributed by atoms with Gasteiger partial charge >= 0.3 is 17.9 Å². The summed E-state index contributed by atoms with van der Waals surface area (Å²) in [6.07, 6.45) is 115. The fourth-order valence-electron chi connectivity index (χ4n) is 12.0. The van der Waals surface area contributed by atoms with Crippen molar-refractivity contribution in [3.8, 4) is 0 Å². The Labute approximate surface area is 624 Å². The van der Waals surface area contributed by atoms with Crippen molar-refractivity contribution in [2.75, 3.05) is 47.5 Å². The summed E-state index contributed by atoms with van der Waals surface area (Å²) < 4.78 is 23.0. The molecular formula is C92H160NO8+. The van der Waals surface area contributed by atoms with Gasteiger partial charge in [0.25, 0.3) is 6.29 Å². The Bertz CT molecular complexity index is 2130. The molecule has 0 heterocycles. The Hall–Kier alpha value is -4.57. The Morgan fingerprint density at radius 1 is 0.307 bits per heavy atom. The van der Waals surface area contributed by atoms with E-state index in [1.807, 2.05) is 21.1 Å². The predicted molar refractivity (Wildman–Crippen MR) is 438 cm³/mol. The van der Waals surface area contributed by atoms with E-state index in [9.17, 15) is 19.5 Å². The molecule has 0 radical (unpaired) electrons. The van der Waals surface area contributed by atoms with Gasteiger partial charge in [0, 0.05) is 12.8 Å². The number of ether oxygens (including phenoxy) is 4. The highest BCUT2D eigenvalue weighted by Crippen LogP contribution is 2.19. The second-order valence-corrected chi connectivity index (χ2v) is 29.4. The van der Waals surface area contributed by atoms with Crippen LogP contribution in [0.25, 0.3) is 0 Å². The van der Waals surface area contributed by atoms with Crippen LogP contribution in [0.1, 0.15) is 373 Å². The van der Waals surface area contributed by atoms with Gasteiger partial charge in [0.15, 0.2) is 6.10 Å². The molecule has 2 atom stereocenters. The monoisotopic (exact) mass is 1410 g/mol. The van der Waals surface area contributed by atoms with Crippen LogP contribution in [0.5, 0.6) is 0 Å². The smallest absolute Gasteiger partial charge is 0.361 e. The zero-order valence-corrected chi connectivity index (χ0v) is 66.5. The van der Waals surface area contributed by atoms with E-state index in [0.29, 0.717) is 23.9 Å². The van der Waals surface area contributed by atoms with Crippen LogP contribution in [0.15, 0.2) is 134 Å². The summed E-state index contributed by atoms with van der Waals surface area (Å²) in [5, 5.41) is 9.78. The number of carboxylic acids is 1. The first-order valence-electron chi connectivity index (χ1n) is 42.3. The summed E-state index contributed by atoms with van der Waals surface area (Å²) in [6, 6.07) is 0. The number of carbonyl (C=O) groups excluding carboxylic acids is 2. The second kappa shape index (κ2) is 81.1. The van der Waals surface area contributed by atoms with E-state index in [2.05, 4.69) is 148 Å². The van der Waals surface area contributed by atoms with Gasteiger partial charge in [-0.25, -0.2) is 4.79 Å². The molecule has 0 aliphatic rings. The second-order valence-electron chi connectivity index (χ2n) is 29.4. The fourth-order valence-corrected chi connectivity index (χ4v) is 12.0. The molecule has 580 valence electrons. The Balaban J connectivity index is 4.07. The summed E-state index contributed by atoms with van der Waals surface area (Å²) >= 11 is 0. The number of nitrogens with zero attached hydrogens (tertiary/aromatic N) is 1. The molecule has 0 fully saturated rings. The highest BCUT2D eigenvalue weighted by molar-refractivity contribution is 5.71. The largest absolute Gasteiger partial charge is 0.477 e. The summed E-state index contributed by atoms with van der Waals surface area (Å²) in [5.74, 6) is -2.05. The molecule has 0 aliphatic heterocycles. The first-order chi connectivity index (χ1) is 49.6. The van der Waals surface area contributed by atoms with Gasteiger partial charge in [0.05, 0.1) is 34.4 Å². The number of rotatable bonds is 78. The maximum Gasteiger partial charge on any atom is 0.361 e. The van der Waals surface area contributed by atoms with Gasteiger partial charge in [0.2, 0.25) is 0 Å². The van der Waals surface area contributed by atoms with Gasteiger partial charge in [-0.1, -0.05) is 398 Å². The van der Waals surface area contributed by atoms with Crippen LogP contribution in [-0.4, -0.2) is 87.4 Å². The van der Waals surface area contributed by atoms with Crippen LogP contribution in [0, 0.1) is 0 Å². The molecule has 0 bridgehead atoms. The van der Waals surface area contributed by atoms with E-state index in [0.717, 1.165) is 109 Å². The van der Waals surface area contributed by atoms with Crippen molar-refractivity contribution in [1.29, 1.82) is 0 Å². The lowest BCUT2D eigenvalue weighted by atomic mass is 10.0. The minimum absolute atomic E-state index is 0.176. The predicted octanol–water partition coefficient (Wildman–Crippen LogP) is 27.6. The molecule has 0 aromatic heterocycles. The summed E-state index contributed by atoms with van der Waals surface area (Å²) in [6.45, 7) is 4.76. The van der Waals surface area contributed by atoms with Gasteiger partial charge in [-0.15, -0.1) is 0 Å². The maximum absolute atomic E-state index is 13.0. The lowest BCUT2D eigenvalue weighted by Gasteiger charge is -2.25. The Kier molecular flexibility index (Phi) is 77.4. The third kappa shape index (κ3) is 82.6. The van der Waals surface area contributed by atoms with Gasteiger partial charge < -0.3 is 28.5 Å². The molecule has 9 nitrogen and oxygen atoms in total. The van der Waals surface area contributed by atoms with Crippen molar-refractivity contribution < 1.29 is 42.9 Å². The Morgan fingerprint density at radius 3 is 0.842 bits per heavy atom. The van der Waals surface area contributed by atoms with Crippen LogP contribution in [0.3, 0.4) is 0 Å². The van der Waals surface area contributed by atoms with E-state index in [1.165, 1.54) is 231 Å². The number of hydrogen-bond donors (Lipinski definition) is 1. The number of likely N-dealkylation sites (N-methyl/N-ethyl adjacent to an activating group) is 1. The minimum Gasteiger partial charge on any atom is -0.477 e. The van der Waals surface area contributed by atoms with E-state index in [-0.39, 0.29) is 32.2 Å². The molecule has 9 heteroatoms. The van der Waals surface area contributed by atoms with Gasteiger partial charge in [-0.2, -0.15) is 0 Å². The van der Waals surface area contributed by atoms with E-state index in [4.69, 9.17) is 18.9 Å². The zero-order valence-electron chi connectivity index (χ0n) is 66.5. The number of allylic oxidation sites excluding steroid dienone is 22. The van der Waals surface area contributed by atoms with Crippen molar-refractivity contribution in [2.45, 2.75) is 386 Å². The van der Waals surface area contributed by atoms with E-state index in [1.54, 1.807) is 0 Å². The standard InChI is InChI=1S/C92H159NO8/c1-6-8-10-12-14-16-18-20-22-24-26-28-30-32-34-36-38-40-42-44-45-47-48-50-52-54-56-58-60-62-64-66-68-70-72-74-76-78-80-82-89(94)99-86-88(87-100-92(91(96)97)98-85-84-93(3,4)5)101-90(95)83-81-79-77-75-73-71-69-67-65-63-61-59-57-55-53-51-49-46-43-41-39-37-35-33-31-29-27-25-23-21-19-17-15-13-11-9-7-2/h9,11,15,17,21,23,27,29,33,35,39,41,46,49,53,55,59,61,65,67,71,73,88,92H,6-8,10,12-14,16,18-20,22,24-26,28,30-32,34,36-38,40,42-45,47-48,50-52,54,56-58,60,62-64,66,68-70,72,74-87H2,1-5H3/p+1/b11-9-,17-15-,23-21-,29-27-,35-33-,41-39-,49-46-,55-53-,61-59-,67-65-,73-71-. The van der Waals surface area contributed by atoms with Crippen LogP contribution in [0.2, 0.25) is 0 Å². The molecule has 0 saturated heterocycles. The van der Waals surface area contributed by atoms with Crippen LogP contribution in [0.4, 0.5) is 0 Å². The molecule has 2 unspecified atom stereocenters. The average Bonchev–Trinajstić information content (AvgIpc) is 1.25. The molecule has 0 spiro atoms. The number of quaternary nitrogens is 1. The topological polar surface area (TPSA) is 108 Å². The number of esters is 2. The van der Waals surface area contributed by atoms with Crippen molar-refractivity contribution in [1.82, 2.24) is 0 Å². The number of carbonyl (C=O) groups is 3. The number of carboxylic acid groups (broad SMARTS) is 1. The van der Waals surface area contributed by atoms with Gasteiger partial charge in [0.1, 0.15) is 13.2 Å². The quantitative estimate of drug-likeness (QED) is 0.0211. The lowest BCUT2D eigenvalue weighted by molar-refractivity contribution is -0.870. The van der Waals surface area contributed by atoms with E-state index >= 15 is 0 Å². The molecule has 0 amide bonds. The average molecular weight is 1410 g/mol. The molecule has 0 aromatic rings. The van der Waals surface area contributed by atoms with E-state index < -0.39 is 24.3 Å². The van der Waals surface area contributed by atoms with Crippen molar-refractivity contribution >= 4 is 17.9 Å². The summed E-state index contributed by atoms with van der Waals surface area (Å²) in [5.41, 5.74) is 0. The van der Waals surface area contributed by atoms with Gasteiger partial charge in [-0.05, 0) is 96.3 Å². The molecule has 0 saturated carbocycles. The van der Waals surface area contributed by atoms with Crippen LogP contribution >= 0.6 is 0 Å². The molecule has 101 heavy (non-hydrogen) atoms. The highest BCUT2D eigenvalue weighted by atomic mass is 16.7. The zero-order chi connectivity index (χ0) is 73.2. The molecule has 0 aliphatic carbocycles. The number of aliphatic carboxylic acids is 1. The lowest BCUT2D eigenvalue weighted by Crippen LogP contribution is -2.40. The summed E-state index contributed by atoms with van der Waals surface area (Å²) in [7, 11) is 5.97. The van der Waals surface area contributed by atoms with Gasteiger partial charge in [-0.3, -0.25) is 9.59 Å². The molecular weight excluding hydrogens is 1250 g/mol. The number of unbranched alkanes of at least 4 members (excludes halogenated alkanes) is 41. The van der Waals surface area contributed by atoms with Crippen LogP contribution < -0.4 is 0 Å². The summed E-state index contributed by atoms with van der Waals surface area (Å²) in [4.78, 5) is 37.8. The maximum atomic E-state index is 13.0. The van der Waals surface area contributed by atoms with Crippen LogP contribution in [-0.2, 0) is 33.3 Å². The normalized spacial score (nSPS) is 13.3. The number of hydrogen-bond acceptors (Lipinski definition) is 7. The molecule has 0 rings (SSSR count). The third-order valence-electron chi connectivity index (χ3n) is 18.4.